The molecule has 45 heavy (non-hydrogen) atoms. The molecule has 1 radical (unpaired) electrons. The second-order valence-corrected chi connectivity index (χ2v) is 12.9. The third-order valence-corrected chi connectivity index (χ3v) is 9.65. The summed E-state index contributed by atoms with van der Waals surface area (Å²) in [5.74, 6) is 0.941. The van der Waals surface area contributed by atoms with Crippen LogP contribution in [0.1, 0.15) is 104 Å². The first-order chi connectivity index (χ1) is 21.1. The fraction of sp³-hybridized carbons (Fsp3) is 0.400. The van der Waals surface area contributed by atoms with Gasteiger partial charge in [0, 0.05) is 49.6 Å². The molecule has 0 atom stereocenters. The van der Waals surface area contributed by atoms with Crippen molar-refractivity contribution in [2.45, 2.75) is 92.4 Å². The maximum atomic E-state index is 11.7. The third kappa shape index (κ3) is 6.14. The molecule has 0 spiro atoms. The van der Waals surface area contributed by atoms with E-state index < -0.39 is 0 Å². The zero-order valence-electron chi connectivity index (χ0n) is 27.9. The van der Waals surface area contributed by atoms with Gasteiger partial charge in [0.1, 0.15) is 5.58 Å². The summed E-state index contributed by atoms with van der Waals surface area (Å²) < 4.78 is 6.45. The number of ketones is 1. The van der Waals surface area contributed by atoms with Crippen molar-refractivity contribution in [3.63, 3.8) is 0 Å². The molecule has 0 fully saturated rings. The van der Waals surface area contributed by atoms with Crippen LogP contribution >= 0.6 is 0 Å². The Balaban J connectivity index is 0.000000249. The molecule has 1 aliphatic rings. The topological polar surface area (TPSA) is 63.3 Å². The number of rotatable bonds is 8. The number of fused-ring (bicyclic) bond motifs is 4. The van der Waals surface area contributed by atoms with E-state index in [1.165, 1.54) is 38.9 Å². The van der Waals surface area contributed by atoms with Crippen molar-refractivity contribution in [2.24, 2.45) is 11.8 Å². The monoisotopic (exact) mass is 781 g/mol. The van der Waals surface area contributed by atoms with E-state index in [-0.39, 0.29) is 48.9 Å². The van der Waals surface area contributed by atoms with E-state index >= 15 is 0 Å². The number of allylic oxidation sites excluding steroid dienone is 2. The summed E-state index contributed by atoms with van der Waals surface area (Å²) in [7, 11) is 0. The van der Waals surface area contributed by atoms with Gasteiger partial charge in [-0.05, 0) is 70.1 Å². The van der Waals surface area contributed by atoms with E-state index in [9.17, 15) is 9.90 Å². The number of carbonyl (C=O) groups excluding carboxylic acids is 1. The van der Waals surface area contributed by atoms with Crippen LogP contribution in [0.3, 0.4) is 0 Å². The normalized spacial score (nSPS) is 13.7. The molecular weight excluding hydrogens is 735 g/mol. The number of aliphatic hydroxyl groups is 1. The first kappa shape index (κ1) is 34.6. The minimum absolute atomic E-state index is 0. The van der Waals surface area contributed by atoms with Crippen LogP contribution in [0.25, 0.3) is 44.0 Å². The van der Waals surface area contributed by atoms with Gasteiger partial charge in [0.05, 0.1) is 11.3 Å². The fourth-order valence-electron chi connectivity index (χ4n) is 6.94. The molecule has 2 aromatic heterocycles. The van der Waals surface area contributed by atoms with Crippen LogP contribution in [0.5, 0.6) is 0 Å². The zero-order valence-corrected chi connectivity index (χ0v) is 30.3. The van der Waals surface area contributed by atoms with Gasteiger partial charge in [0.25, 0.3) is 0 Å². The quantitative estimate of drug-likeness (QED) is 0.0968. The van der Waals surface area contributed by atoms with Crippen LogP contribution in [-0.4, -0.2) is 15.9 Å². The summed E-state index contributed by atoms with van der Waals surface area (Å²) >= 11 is 0. The molecule has 6 rings (SSSR count). The molecule has 0 saturated carbocycles. The Bertz CT molecular complexity index is 1850. The first-order valence-corrected chi connectivity index (χ1v) is 16.3. The molecule has 0 saturated heterocycles. The molecule has 2 heterocycles. The van der Waals surface area contributed by atoms with Gasteiger partial charge in [-0.25, -0.2) is 0 Å². The zero-order chi connectivity index (χ0) is 31.8. The molecule has 1 aliphatic carbocycles. The molecule has 239 valence electrons. The number of aliphatic hydroxyl groups excluding tert-OH is 1. The average Bonchev–Trinajstić information content (AvgIpc) is 3.37. The summed E-state index contributed by atoms with van der Waals surface area (Å²) in [5, 5.41) is 14.6. The van der Waals surface area contributed by atoms with Gasteiger partial charge < -0.3 is 14.5 Å². The number of benzene rings is 3. The van der Waals surface area contributed by atoms with Crippen molar-refractivity contribution < 1.29 is 34.4 Å². The standard InChI is InChI=1S/C27H22NO.C13H24O2.Ir/c1-15(2)17-12-13-20-23-22-19(10-7-11-21(22)29-26(17)23)25-24(27(20,3)4)18-9-6-5-8-16(18)14-28-25;1-5-10(6-2)12(14)9-13(15)11(7-3)8-4;/h5-9,11-15H,1-4H3;9-11,14H,5-8H2,1-4H3;/q-1;;/b;12-9-;. The van der Waals surface area contributed by atoms with Gasteiger partial charge in [-0.15, -0.1) is 17.7 Å². The number of nitrogens with zero attached hydrogens (tertiary/aromatic N) is 1. The van der Waals surface area contributed by atoms with E-state index in [1.807, 2.05) is 46.0 Å². The van der Waals surface area contributed by atoms with E-state index in [2.05, 4.69) is 70.2 Å². The summed E-state index contributed by atoms with van der Waals surface area (Å²) in [6.07, 6.45) is 6.90. The molecule has 0 aliphatic heterocycles. The first-order valence-electron chi connectivity index (χ1n) is 16.3. The Labute approximate surface area is 281 Å². The predicted molar refractivity (Wildman–Crippen MR) is 183 cm³/mol. The second kappa shape index (κ2) is 14.0. The number of pyridine rings is 1. The Morgan fingerprint density at radius 3 is 2.27 bits per heavy atom. The minimum atomic E-state index is -0.222. The Hall–Kier alpha value is -3.27. The summed E-state index contributed by atoms with van der Waals surface area (Å²) in [4.78, 5) is 16.7. The van der Waals surface area contributed by atoms with Gasteiger partial charge in [-0.1, -0.05) is 103 Å². The number of carbonyl (C=O) groups is 1. The molecule has 5 heteroatoms. The Morgan fingerprint density at radius 2 is 1.62 bits per heavy atom. The van der Waals surface area contributed by atoms with E-state index in [0.717, 1.165) is 53.5 Å². The Kier molecular flexibility index (Phi) is 10.8. The van der Waals surface area contributed by atoms with Crippen LogP contribution in [0.4, 0.5) is 0 Å². The largest absolute Gasteiger partial charge is 0.512 e. The molecule has 0 unspecified atom stereocenters. The Morgan fingerprint density at radius 1 is 0.956 bits per heavy atom. The van der Waals surface area contributed by atoms with Crippen LogP contribution in [0.15, 0.2) is 71.0 Å². The van der Waals surface area contributed by atoms with Crippen molar-refractivity contribution in [1.29, 1.82) is 0 Å². The van der Waals surface area contributed by atoms with Crippen LogP contribution < -0.4 is 0 Å². The van der Waals surface area contributed by atoms with Gasteiger partial charge >= 0.3 is 0 Å². The molecule has 0 bridgehead atoms. The van der Waals surface area contributed by atoms with E-state index in [0.29, 0.717) is 5.92 Å². The van der Waals surface area contributed by atoms with Crippen molar-refractivity contribution in [3.05, 3.63) is 89.3 Å². The molecule has 0 amide bonds. The van der Waals surface area contributed by atoms with Crippen LogP contribution in [-0.2, 0) is 30.3 Å². The summed E-state index contributed by atoms with van der Waals surface area (Å²) in [5.41, 5.74) is 7.60. The predicted octanol–water partition coefficient (Wildman–Crippen LogP) is 11.2. The molecule has 4 nitrogen and oxygen atoms in total. The molecule has 5 aromatic rings. The SMILES string of the molecule is CC(C)c1ccc2c3c1oc1cc[c-]c(c13)-c1ncc3ccccc3c1C2(C)C.CCC(CC)C(=O)/C=C(\O)C(CC)CC.[Ir]. The summed E-state index contributed by atoms with van der Waals surface area (Å²) in [6.45, 7) is 17.2. The second-order valence-electron chi connectivity index (χ2n) is 12.9. The number of hydrogen-bond acceptors (Lipinski definition) is 4. The summed E-state index contributed by atoms with van der Waals surface area (Å²) in [6, 6.07) is 20.6. The van der Waals surface area contributed by atoms with E-state index in [4.69, 9.17) is 9.40 Å². The van der Waals surface area contributed by atoms with Gasteiger partial charge in [-0.2, -0.15) is 0 Å². The molecule has 3 aromatic carbocycles. The maximum absolute atomic E-state index is 11.7. The minimum Gasteiger partial charge on any atom is -0.512 e. The number of aromatic nitrogens is 1. The van der Waals surface area contributed by atoms with Gasteiger partial charge in [0.15, 0.2) is 5.78 Å². The van der Waals surface area contributed by atoms with E-state index in [1.54, 1.807) is 0 Å². The molecular formula is C40H46IrNO3-. The van der Waals surface area contributed by atoms with Gasteiger partial charge in [-0.3, -0.25) is 4.79 Å². The van der Waals surface area contributed by atoms with Gasteiger partial charge in [0.2, 0.25) is 0 Å². The van der Waals surface area contributed by atoms with Crippen molar-refractivity contribution in [1.82, 2.24) is 4.98 Å². The fourth-order valence-corrected chi connectivity index (χ4v) is 6.94. The van der Waals surface area contributed by atoms with Crippen LogP contribution in [0.2, 0.25) is 0 Å². The van der Waals surface area contributed by atoms with Crippen molar-refractivity contribution in [3.8, 4) is 11.3 Å². The number of hydrogen-bond donors (Lipinski definition) is 1. The van der Waals surface area contributed by atoms with Crippen molar-refractivity contribution in [2.75, 3.05) is 0 Å². The van der Waals surface area contributed by atoms with Crippen LogP contribution in [0, 0.1) is 17.9 Å². The number of furan rings is 1. The third-order valence-electron chi connectivity index (χ3n) is 9.65. The van der Waals surface area contributed by atoms with Crippen molar-refractivity contribution >= 4 is 38.5 Å². The average molecular weight is 781 g/mol. The molecule has 1 N–H and O–H groups in total. The smallest absolute Gasteiger partial charge is 0.162 e. The maximum Gasteiger partial charge on any atom is 0.162 e.